The minimum atomic E-state index is -4.12. The van der Waals surface area contributed by atoms with Crippen LogP contribution < -0.4 is 0 Å². The van der Waals surface area contributed by atoms with Gasteiger partial charge in [0.25, 0.3) is 0 Å². The Balaban J connectivity index is 2.32. The maximum Gasteiger partial charge on any atom is 0.389 e. The predicted octanol–water partition coefficient (Wildman–Crippen LogP) is 1.89. The Labute approximate surface area is 104 Å². The molecule has 1 aliphatic heterocycles. The van der Waals surface area contributed by atoms with E-state index >= 15 is 0 Å². The molecule has 0 radical (unpaired) electrons. The van der Waals surface area contributed by atoms with Crippen molar-refractivity contribution in [3.63, 3.8) is 0 Å². The molecule has 0 aromatic heterocycles. The number of halogens is 3. The first-order valence-electron chi connectivity index (χ1n) is 5.95. The van der Waals surface area contributed by atoms with Gasteiger partial charge in [-0.3, -0.25) is 4.90 Å². The van der Waals surface area contributed by atoms with E-state index in [0.29, 0.717) is 19.6 Å². The van der Waals surface area contributed by atoms with Crippen LogP contribution in [0.5, 0.6) is 0 Å². The lowest BCUT2D eigenvalue weighted by atomic mass is 10.1. The Hall–Kier alpha value is -0.820. The molecule has 7 heteroatoms. The number of morpholine rings is 1. The molecule has 0 aromatic carbocycles. The lowest BCUT2D eigenvalue weighted by molar-refractivity contribution is -0.157. The monoisotopic (exact) mass is 269 g/mol. The summed E-state index contributed by atoms with van der Waals surface area (Å²) < 4.78 is 41.1. The summed E-state index contributed by atoms with van der Waals surface area (Å²) in [6, 6.07) is -0.0573. The number of carboxylic acids is 1. The first-order valence-corrected chi connectivity index (χ1v) is 5.95. The zero-order valence-corrected chi connectivity index (χ0v) is 10.2. The second-order valence-electron chi connectivity index (χ2n) is 4.55. The van der Waals surface area contributed by atoms with Crippen LogP contribution in [0.4, 0.5) is 13.2 Å². The molecule has 18 heavy (non-hydrogen) atoms. The van der Waals surface area contributed by atoms with Crippen molar-refractivity contribution in [3.8, 4) is 0 Å². The van der Waals surface area contributed by atoms with E-state index in [-0.39, 0.29) is 19.0 Å². The number of carboxylic acid groups (broad SMARTS) is 1. The summed E-state index contributed by atoms with van der Waals surface area (Å²) >= 11 is 0. The maximum absolute atomic E-state index is 12.0. The summed E-state index contributed by atoms with van der Waals surface area (Å²) in [6.07, 6.45) is -5.30. The quantitative estimate of drug-likeness (QED) is 0.828. The van der Waals surface area contributed by atoms with E-state index in [1.807, 2.05) is 11.8 Å². The molecule has 106 valence electrons. The average Bonchev–Trinajstić information content (AvgIpc) is 2.27. The van der Waals surface area contributed by atoms with Gasteiger partial charge in [-0.15, -0.1) is 0 Å². The summed E-state index contributed by atoms with van der Waals surface area (Å²) in [7, 11) is 0. The second kappa shape index (κ2) is 6.38. The Morgan fingerprint density at radius 3 is 2.78 bits per heavy atom. The summed E-state index contributed by atoms with van der Waals surface area (Å²) in [6.45, 7) is 2.93. The molecule has 1 aliphatic rings. The van der Waals surface area contributed by atoms with Crippen molar-refractivity contribution in [3.05, 3.63) is 0 Å². The van der Waals surface area contributed by atoms with Crippen LogP contribution in [0.1, 0.15) is 26.2 Å². The number of carbonyl (C=O) groups is 1. The highest BCUT2D eigenvalue weighted by molar-refractivity contribution is 5.72. The van der Waals surface area contributed by atoms with Gasteiger partial charge in [-0.25, -0.2) is 4.79 Å². The SMILES string of the molecule is CC(CCCC(F)(F)F)N1CCOC(C(=O)O)C1. The minimum Gasteiger partial charge on any atom is -0.479 e. The lowest BCUT2D eigenvalue weighted by Crippen LogP contribution is -2.49. The fourth-order valence-corrected chi connectivity index (χ4v) is 2.00. The molecular weight excluding hydrogens is 251 g/mol. The van der Waals surface area contributed by atoms with Crippen LogP contribution in [-0.4, -0.2) is 54.0 Å². The van der Waals surface area contributed by atoms with Gasteiger partial charge in [-0.1, -0.05) is 0 Å². The molecule has 0 saturated carbocycles. The van der Waals surface area contributed by atoms with E-state index in [2.05, 4.69) is 0 Å². The number of nitrogens with zero attached hydrogens (tertiary/aromatic N) is 1. The van der Waals surface area contributed by atoms with Crippen molar-refractivity contribution in [2.75, 3.05) is 19.7 Å². The van der Waals surface area contributed by atoms with Crippen molar-refractivity contribution in [1.29, 1.82) is 0 Å². The van der Waals surface area contributed by atoms with Crippen molar-refractivity contribution in [2.24, 2.45) is 0 Å². The fraction of sp³-hybridized carbons (Fsp3) is 0.909. The Kier molecular flexibility index (Phi) is 5.40. The molecule has 4 nitrogen and oxygen atoms in total. The summed E-state index contributed by atoms with van der Waals surface area (Å²) in [5, 5.41) is 8.82. The number of hydrogen-bond acceptors (Lipinski definition) is 3. The second-order valence-corrected chi connectivity index (χ2v) is 4.55. The zero-order chi connectivity index (χ0) is 13.8. The third kappa shape index (κ3) is 5.22. The minimum absolute atomic E-state index is 0.0573. The first kappa shape index (κ1) is 15.2. The highest BCUT2D eigenvalue weighted by atomic mass is 19.4. The molecule has 2 atom stereocenters. The Bertz CT molecular complexity index is 283. The normalized spacial score (nSPS) is 23.9. The van der Waals surface area contributed by atoms with E-state index < -0.39 is 24.7 Å². The van der Waals surface area contributed by atoms with Gasteiger partial charge in [0.05, 0.1) is 6.61 Å². The summed E-state index contributed by atoms with van der Waals surface area (Å²) in [5.41, 5.74) is 0. The van der Waals surface area contributed by atoms with Crippen LogP contribution in [0.3, 0.4) is 0 Å². The lowest BCUT2D eigenvalue weighted by Gasteiger charge is -2.35. The molecule has 0 aromatic rings. The molecule has 2 unspecified atom stereocenters. The molecule has 1 rings (SSSR count). The Morgan fingerprint density at radius 2 is 2.22 bits per heavy atom. The first-order chi connectivity index (χ1) is 8.29. The van der Waals surface area contributed by atoms with E-state index in [1.165, 1.54) is 0 Å². The molecule has 1 saturated heterocycles. The van der Waals surface area contributed by atoms with Crippen molar-refractivity contribution in [2.45, 2.75) is 44.5 Å². The largest absolute Gasteiger partial charge is 0.479 e. The number of ether oxygens (including phenoxy) is 1. The van der Waals surface area contributed by atoms with Crippen LogP contribution in [-0.2, 0) is 9.53 Å². The number of hydrogen-bond donors (Lipinski definition) is 1. The number of aliphatic carboxylic acids is 1. The predicted molar refractivity (Wildman–Crippen MR) is 58.3 cm³/mol. The smallest absolute Gasteiger partial charge is 0.389 e. The molecule has 0 amide bonds. The van der Waals surface area contributed by atoms with E-state index in [9.17, 15) is 18.0 Å². The fourth-order valence-electron chi connectivity index (χ4n) is 2.00. The van der Waals surface area contributed by atoms with Gasteiger partial charge in [0.15, 0.2) is 6.10 Å². The van der Waals surface area contributed by atoms with Crippen LogP contribution in [0, 0.1) is 0 Å². The molecule has 1 heterocycles. The van der Waals surface area contributed by atoms with Gasteiger partial charge in [0.2, 0.25) is 0 Å². The third-order valence-electron chi connectivity index (χ3n) is 3.08. The van der Waals surface area contributed by atoms with Crippen molar-refractivity contribution >= 4 is 5.97 Å². The topological polar surface area (TPSA) is 49.8 Å². The van der Waals surface area contributed by atoms with Gasteiger partial charge in [-0.05, 0) is 19.8 Å². The third-order valence-corrected chi connectivity index (χ3v) is 3.08. The van der Waals surface area contributed by atoms with Gasteiger partial charge in [0, 0.05) is 25.6 Å². The van der Waals surface area contributed by atoms with Gasteiger partial charge in [-0.2, -0.15) is 13.2 Å². The van der Waals surface area contributed by atoms with Crippen LogP contribution in [0.25, 0.3) is 0 Å². The number of alkyl halides is 3. The summed E-state index contributed by atoms with van der Waals surface area (Å²) in [4.78, 5) is 12.6. The van der Waals surface area contributed by atoms with Gasteiger partial charge >= 0.3 is 12.1 Å². The molecule has 0 bridgehead atoms. The molecular formula is C11H18F3NO3. The Morgan fingerprint density at radius 1 is 1.56 bits per heavy atom. The van der Waals surface area contributed by atoms with Gasteiger partial charge < -0.3 is 9.84 Å². The molecule has 1 N–H and O–H groups in total. The van der Waals surface area contributed by atoms with E-state index in [1.54, 1.807) is 0 Å². The van der Waals surface area contributed by atoms with Crippen LogP contribution in [0.2, 0.25) is 0 Å². The number of rotatable bonds is 5. The van der Waals surface area contributed by atoms with Gasteiger partial charge in [0.1, 0.15) is 0 Å². The van der Waals surface area contributed by atoms with Crippen molar-refractivity contribution in [1.82, 2.24) is 4.90 Å². The van der Waals surface area contributed by atoms with E-state index in [4.69, 9.17) is 9.84 Å². The van der Waals surface area contributed by atoms with Crippen LogP contribution >= 0.6 is 0 Å². The highest BCUT2D eigenvalue weighted by Crippen LogP contribution is 2.23. The summed E-state index contributed by atoms with van der Waals surface area (Å²) in [5.74, 6) is -1.03. The highest BCUT2D eigenvalue weighted by Gasteiger charge is 2.30. The zero-order valence-electron chi connectivity index (χ0n) is 10.2. The van der Waals surface area contributed by atoms with Crippen molar-refractivity contribution < 1.29 is 27.8 Å². The standard InChI is InChI=1S/C11H18F3NO3/c1-8(3-2-4-11(12,13)14)15-5-6-18-9(7-15)10(16)17/h8-9H,2-7H2,1H3,(H,16,17). The van der Waals surface area contributed by atoms with Crippen LogP contribution in [0.15, 0.2) is 0 Å². The maximum atomic E-state index is 12.0. The molecule has 0 spiro atoms. The molecule has 0 aliphatic carbocycles. The van der Waals surface area contributed by atoms with E-state index in [0.717, 1.165) is 0 Å². The average molecular weight is 269 g/mol. The molecule has 1 fully saturated rings.